The summed E-state index contributed by atoms with van der Waals surface area (Å²) in [4.78, 5) is 34.7. The molecule has 1 aliphatic rings. The summed E-state index contributed by atoms with van der Waals surface area (Å²) in [6.07, 6.45) is 39.6. The Hall–Kier alpha value is -2.33. The number of unbranched alkanes of at least 4 members (excludes halogenated alkanes) is 14. The van der Waals surface area contributed by atoms with Crippen LogP contribution in [0.4, 0.5) is 0 Å². The maximum atomic E-state index is 12.5. The quantitative estimate of drug-likeness (QED) is 0.0184. The Kier molecular flexibility index (Phi) is 31.3. The van der Waals surface area contributed by atoms with E-state index in [0.717, 1.165) is 38.5 Å². The van der Waals surface area contributed by atoms with Gasteiger partial charge in [-0.15, -0.1) is 0 Å². The normalized spacial score (nSPS) is 18.4. The van der Waals surface area contributed by atoms with Gasteiger partial charge in [0, 0.05) is 18.9 Å². The third-order valence-corrected chi connectivity index (χ3v) is 10.2. The van der Waals surface area contributed by atoms with Crippen LogP contribution in [-0.4, -0.2) is 60.3 Å². The Morgan fingerprint density at radius 1 is 0.833 bits per heavy atom. The highest BCUT2D eigenvalue weighted by molar-refractivity contribution is 7.47. The fourth-order valence-corrected chi connectivity index (χ4v) is 6.73. The molecule has 0 amide bonds. The number of ether oxygens (including phenoxy) is 2. The molecule has 5 atom stereocenters. The zero-order valence-electron chi connectivity index (χ0n) is 33.5. The lowest BCUT2D eigenvalue weighted by Crippen LogP contribution is -2.25. The number of aliphatic hydroxyl groups excluding tert-OH is 1. The monoisotopic (exact) mass is 780 g/mol. The maximum absolute atomic E-state index is 12.5. The molecule has 11 heteroatoms. The summed E-state index contributed by atoms with van der Waals surface area (Å²) in [5.74, 6) is -0.547. The number of nitrogens with two attached hydrogens (primary N) is 1. The van der Waals surface area contributed by atoms with Gasteiger partial charge < -0.3 is 25.2 Å². The van der Waals surface area contributed by atoms with Gasteiger partial charge in [0.2, 0.25) is 0 Å². The number of rotatable bonds is 36. The minimum Gasteiger partial charge on any atom is -0.492 e. The van der Waals surface area contributed by atoms with Crippen molar-refractivity contribution in [3.8, 4) is 0 Å². The molecule has 0 fully saturated rings. The maximum Gasteiger partial charge on any atom is 0.472 e. The molecule has 0 bridgehead atoms. The molecular weight excluding hydrogens is 705 g/mol. The lowest BCUT2D eigenvalue weighted by atomic mass is 9.90. The van der Waals surface area contributed by atoms with Crippen molar-refractivity contribution in [1.29, 1.82) is 0 Å². The van der Waals surface area contributed by atoms with Gasteiger partial charge in [-0.05, 0) is 82.3 Å². The van der Waals surface area contributed by atoms with Crippen LogP contribution in [0.25, 0.3) is 0 Å². The van der Waals surface area contributed by atoms with Gasteiger partial charge in [-0.1, -0.05) is 121 Å². The first-order valence-corrected chi connectivity index (χ1v) is 22.4. The van der Waals surface area contributed by atoms with Crippen molar-refractivity contribution < 1.29 is 42.7 Å². The fraction of sp³-hybridized carbons (Fsp3) is 0.721. The van der Waals surface area contributed by atoms with Gasteiger partial charge in [0.15, 0.2) is 11.9 Å². The van der Waals surface area contributed by atoms with Crippen LogP contribution in [0.2, 0.25) is 0 Å². The Labute approximate surface area is 327 Å². The van der Waals surface area contributed by atoms with E-state index in [1.165, 1.54) is 70.5 Å². The molecule has 4 N–H and O–H groups in total. The molecule has 1 rings (SSSR count). The van der Waals surface area contributed by atoms with Crippen LogP contribution in [0, 0.1) is 11.8 Å². The zero-order chi connectivity index (χ0) is 39.5. The van der Waals surface area contributed by atoms with Crippen LogP contribution in [0.15, 0.2) is 60.9 Å². The number of allylic oxidation sites excluding steroid dienone is 8. The van der Waals surface area contributed by atoms with Crippen LogP contribution in [0.1, 0.15) is 149 Å². The highest BCUT2D eigenvalue weighted by Gasteiger charge is 2.27. The molecule has 1 unspecified atom stereocenters. The van der Waals surface area contributed by atoms with Crippen LogP contribution in [-0.2, 0) is 32.7 Å². The molecule has 0 radical (unpaired) electrons. The third kappa shape index (κ3) is 28.1. The number of carbonyl (C=O) groups is 2. The predicted octanol–water partition coefficient (Wildman–Crippen LogP) is 10.2. The first kappa shape index (κ1) is 49.7. The number of aliphatic hydroxyl groups is 1. The van der Waals surface area contributed by atoms with Gasteiger partial charge in [0.25, 0.3) is 0 Å². The van der Waals surface area contributed by atoms with Crippen molar-refractivity contribution in [2.75, 3.05) is 26.4 Å². The minimum atomic E-state index is -4.32. The summed E-state index contributed by atoms with van der Waals surface area (Å²) < 4.78 is 33.1. The van der Waals surface area contributed by atoms with E-state index >= 15 is 0 Å². The summed E-state index contributed by atoms with van der Waals surface area (Å²) in [7, 11) is -4.32. The van der Waals surface area contributed by atoms with E-state index in [2.05, 4.69) is 26.0 Å². The topological polar surface area (TPSA) is 155 Å². The number of esters is 1. The Morgan fingerprint density at radius 3 is 2.13 bits per heavy atom. The fourth-order valence-electron chi connectivity index (χ4n) is 5.96. The lowest BCUT2D eigenvalue weighted by molar-refractivity contribution is -0.147. The molecule has 1 aliphatic carbocycles. The molecule has 10 nitrogen and oxygen atoms in total. The summed E-state index contributed by atoms with van der Waals surface area (Å²) in [6, 6.07) is 0. The molecule has 0 spiro atoms. The van der Waals surface area contributed by atoms with Gasteiger partial charge in [-0.25, -0.2) is 4.57 Å². The van der Waals surface area contributed by atoms with E-state index in [9.17, 15) is 24.2 Å². The molecule has 54 heavy (non-hydrogen) atoms. The first-order valence-electron chi connectivity index (χ1n) is 20.9. The lowest BCUT2D eigenvalue weighted by Gasteiger charge is -2.19. The summed E-state index contributed by atoms with van der Waals surface area (Å²) in [5, 5.41) is 10.2. The largest absolute Gasteiger partial charge is 0.492 e. The van der Waals surface area contributed by atoms with Crippen LogP contribution in [0.3, 0.4) is 0 Å². The van der Waals surface area contributed by atoms with Crippen molar-refractivity contribution in [1.82, 2.24) is 0 Å². The molecule has 0 saturated carbocycles. The van der Waals surface area contributed by atoms with Crippen molar-refractivity contribution in [3.05, 3.63) is 60.9 Å². The first-order chi connectivity index (χ1) is 26.2. The second-order valence-electron chi connectivity index (χ2n) is 14.2. The highest BCUT2D eigenvalue weighted by atomic mass is 31.2. The Balaban J connectivity index is 2.36. The zero-order valence-corrected chi connectivity index (χ0v) is 34.4. The smallest absolute Gasteiger partial charge is 0.472 e. The molecule has 0 aliphatic heterocycles. The highest BCUT2D eigenvalue weighted by Crippen LogP contribution is 2.43. The molecule has 0 aromatic carbocycles. The van der Waals surface area contributed by atoms with Crippen LogP contribution in [0.5, 0.6) is 0 Å². The average Bonchev–Trinajstić information content (AvgIpc) is 3.51. The van der Waals surface area contributed by atoms with E-state index in [4.69, 9.17) is 24.3 Å². The van der Waals surface area contributed by atoms with Crippen LogP contribution < -0.4 is 5.73 Å². The van der Waals surface area contributed by atoms with Gasteiger partial charge >= 0.3 is 13.8 Å². The molecule has 0 aromatic heterocycles. The number of hydrogen-bond donors (Lipinski definition) is 3. The van der Waals surface area contributed by atoms with Crippen molar-refractivity contribution in [2.45, 2.75) is 161 Å². The summed E-state index contributed by atoms with van der Waals surface area (Å²) >= 11 is 0. The second kappa shape index (κ2) is 34.0. The number of carbonyl (C=O) groups excluding carboxylic acids is 2. The van der Waals surface area contributed by atoms with Gasteiger partial charge in [0.05, 0.1) is 25.6 Å². The molecule has 0 heterocycles. The molecular formula is C43H74NO9P. The average molecular weight is 780 g/mol. The summed E-state index contributed by atoms with van der Waals surface area (Å²) in [6.45, 7) is 3.85. The SMILES string of the molecule is CCCCCC/C=C\CCCCCCCC/C=C/O[C@H](COC(=O)CCC/C=C\C[C@H]1C=CC(=O)[C@@H]1/C=C/[C@@H](O)CCCCC)COP(=O)(O)OCCN. The number of phosphoric ester groups is 1. The van der Waals surface area contributed by atoms with Crippen molar-refractivity contribution in [2.24, 2.45) is 17.6 Å². The standard InChI is InChI=1S/C43H74NO9P/c1-3-5-7-8-9-10-11-12-13-14-15-16-17-18-21-25-34-50-40(37-53-54(48,49)52-35-33-44)36-51-43(47)28-24-20-19-23-26-38-29-32-42(46)41(38)31-30-39(45)27-22-6-4-2/h10-11,19,23,25,29-32,34,38-41,45H,3-9,12-18,20-22,24,26-28,33,35-37,44H2,1-2H3,(H,48,49)/b11-10-,23-19-,31-30+,34-25+/t38-,39-,40+,41+/m0/s1. The van der Waals surface area contributed by atoms with Crippen LogP contribution >= 0.6 is 7.82 Å². The van der Waals surface area contributed by atoms with Crippen molar-refractivity contribution in [3.63, 3.8) is 0 Å². The van der Waals surface area contributed by atoms with E-state index in [0.29, 0.717) is 25.7 Å². The molecule has 0 saturated heterocycles. The third-order valence-electron chi connectivity index (χ3n) is 9.24. The predicted molar refractivity (Wildman–Crippen MR) is 219 cm³/mol. The van der Waals surface area contributed by atoms with Crippen molar-refractivity contribution >= 4 is 19.6 Å². The number of phosphoric acid groups is 1. The molecule has 0 aromatic rings. The van der Waals surface area contributed by atoms with E-state index in [-0.39, 0.29) is 50.4 Å². The van der Waals surface area contributed by atoms with Gasteiger partial charge in [0.1, 0.15) is 6.61 Å². The number of ketones is 1. The number of hydrogen-bond acceptors (Lipinski definition) is 9. The van der Waals surface area contributed by atoms with Gasteiger partial charge in [-0.3, -0.25) is 18.6 Å². The minimum absolute atomic E-state index is 0.0539. The Bertz CT molecular complexity index is 1150. The second-order valence-corrected chi connectivity index (χ2v) is 15.7. The van der Waals surface area contributed by atoms with E-state index < -0.39 is 26.0 Å². The van der Waals surface area contributed by atoms with Gasteiger partial charge in [-0.2, -0.15) is 0 Å². The van der Waals surface area contributed by atoms with E-state index in [1.807, 2.05) is 30.4 Å². The van der Waals surface area contributed by atoms with E-state index in [1.54, 1.807) is 12.2 Å². The molecule has 310 valence electrons. The summed E-state index contributed by atoms with van der Waals surface area (Å²) in [5.41, 5.74) is 5.36. The Morgan fingerprint density at radius 2 is 1.44 bits per heavy atom.